The molecule has 0 saturated carbocycles. The highest BCUT2D eigenvalue weighted by Crippen LogP contribution is 2.22. The molecule has 1 aromatic rings. The van der Waals surface area contributed by atoms with Gasteiger partial charge in [-0.05, 0) is 0 Å². The van der Waals surface area contributed by atoms with Crippen LogP contribution in [0.5, 0.6) is 0 Å². The van der Waals surface area contributed by atoms with E-state index in [0.717, 1.165) is 7.05 Å². The topological polar surface area (TPSA) is 57.6 Å². The molecule has 4 nitrogen and oxygen atoms in total. The van der Waals surface area contributed by atoms with Gasteiger partial charge >= 0.3 is 0 Å². The van der Waals surface area contributed by atoms with Crippen LogP contribution in [0.1, 0.15) is 0 Å². The van der Waals surface area contributed by atoms with E-state index in [1.54, 1.807) is 0 Å². The van der Waals surface area contributed by atoms with E-state index in [1.807, 2.05) is 0 Å². The van der Waals surface area contributed by atoms with Gasteiger partial charge in [0, 0.05) is 25.7 Å². The number of hydrogen-bond donors (Lipinski definition) is 1. The predicted molar refractivity (Wildman–Crippen MR) is 53.2 cm³/mol. The Morgan fingerprint density at radius 2 is 1.71 bits per heavy atom. The molecule has 0 bridgehead atoms. The minimum Gasteiger partial charge on any atom is -0.395 e. The molecule has 96 valence electrons. The summed E-state index contributed by atoms with van der Waals surface area (Å²) < 4.78 is 63.1. The van der Waals surface area contributed by atoms with Crippen molar-refractivity contribution in [3.63, 3.8) is 0 Å². The molecule has 0 aliphatic heterocycles. The Kier molecular flexibility index (Phi) is 4.12. The number of likely N-dealkylation sites (N-methyl/N-ethyl adjacent to an activating group) is 1. The predicted octanol–water partition coefficient (Wildman–Crippen LogP) is 0.717. The summed E-state index contributed by atoms with van der Waals surface area (Å²) in [6, 6.07) is 0.561. The van der Waals surface area contributed by atoms with Crippen LogP contribution in [0.15, 0.2) is 17.0 Å². The summed E-state index contributed by atoms with van der Waals surface area (Å²) in [5, 5.41) is 8.58. The minimum atomic E-state index is -4.42. The molecule has 0 unspecified atom stereocenters. The normalized spacial score (nSPS) is 12.1. The number of aliphatic hydroxyl groups is 1. The molecule has 0 aromatic heterocycles. The highest BCUT2D eigenvalue weighted by atomic mass is 32.2. The third-order valence-electron chi connectivity index (χ3n) is 2.05. The lowest BCUT2D eigenvalue weighted by Crippen LogP contribution is -2.31. The van der Waals surface area contributed by atoms with E-state index in [1.165, 1.54) is 0 Å². The van der Waals surface area contributed by atoms with Crippen LogP contribution in [0.3, 0.4) is 0 Å². The van der Waals surface area contributed by atoms with Crippen molar-refractivity contribution in [3.8, 4) is 0 Å². The van der Waals surface area contributed by atoms with Crippen LogP contribution >= 0.6 is 0 Å². The van der Waals surface area contributed by atoms with Crippen LogP contribution in [0, 0.1) is 17.5 Å². The average Bonchev–Trinajstić information content (AvgIpc) is 2.15. The molecule has 0 radical (unpaired) electrons. The van der Waals surface area contributed by atoms with Gasteiger partial charge in [-0.2, -0.15) is 4.31 Å². The van der Waals surface area contributed by atoms with E-state index in [2.05, 4.69) is 0 Å². The van der Waals surface area contributed by atoms with E-state index < -0.39 is 39.0 Å². The van der Waals surface area contributed by atoms with Crippen molar-refractivity contribution < 1.29 is 26.7 Å². The van der Waals surface area contributed by atoms with Crippen molar-refractivity contribution in [3.05, 3.63) is 29.6 Å². The van der Waals surface area contributed by atoms with Crippen molar-refractivity contribution in [1.82, 2.24) is 4.31 Å². The molecule has 8 heteroatoms. The fourth-order valence-corrected chi connectivity index (χ4v) is 2.44. The standard InChI is InChI=1S/C9H10F3NO3S/c1-13(2-3-14)17(15,16)9-7(11)4-6(10)5-8(9)12/h4-5,14H,2-3H2,1H3. The summed E-state index contributed by atoms with van der Waals surface area (Å²) >= 11 is 0. The molecule has 0 saturated heterocycles. The number of sulfonamides is 1. The highest BCUT2D eigenvalue weighted by Gasteiger charge is 2.28. The van der Waals surface area contributed by atoms with Crippen LogP contribution in [0.4, 0.5) is 13.2 Å². The van der Waals surface area contributed by atoms with Gasteiger partial charge in [-0.1, -0.05) is 0 Å². The summed E-state index contributed by atoms with van der Waals surface area (Å²) in [5.41, 5.74) is 0. The first-order valence-corrected chi connectivity index (χ1v) is 5.96. The van der Waals surface area contributed by atoms with Gasteiger partial charge in [0.05, 0.1) is 6.61 Å². The van der Waals surface area contributed by atoms with Crippen LogP contribution in [-0.2, 0) is 10.0 Å². The molecule has 0 spiro atoms. The van der Waals surface area contributed by atoms with Gasteiger partial charge in [0.2, 0.25) is 10.0 Å². The van der Waals surface area contributed by atoms with Gasteiger partial charge in [-0.3, -0.25) is 0 Å². The molecule has 1 aromatic carbocycles. The average molecular weight is 269 g/mol. The molecule has 0 atom stereocenters. The number of hydrogen-bond acceptors (Lipinski definition) is 3. The van der Waals surface area contributed by atoms with Crippen LogP contribution < -0.4 is 0 Å². The van der Waals surface area contributed by atoms with Crippen LogP contribution in [0.25, 0.3) is 0 Å². The van der Waals surface area contributed by atoms with E-state index in [9.17, 15) is 21.6 Å². The Bertz CT molecular complexity index is 495. The Morgan fingerprint density at radius 1 is 1.24 bits per heavy atom. The maximum Gasteiger partial charge on any atom is 0.248 e. The van der Waals surface area contributed by atoms with Gasteiger partial charge in [0.1, 0.15) is 17.5 Å². The zero-order valence-corrected chi connectivity index (χ0v) is 9.64. The number of benzene rings is 1. The Labute approximate surface area is 96.3 Å². The maximum absolute atomic E-state index is 13.3. The molecule has 17 heavy (non-hydrogen) atoms. The van der Waals surface area contributed by atoms with E-state index in [0.29, 0.717) is 4.31 Å². The third-order valence-corrected chi connectivity index (χ3v) is 3.96. The Balaban J connectivity index is 3.34. The molecule has 1 N–H and O–H groups in total. The summed E-state index contributed by atoms with van der Waals surface area (Å²) in [6.07, 6.45) is 0. The quantitative estimate of drug-likeness (QED) is 0.876. The van der Waals surface area contributed by atoms with Gasteiger partial charge in [-0.15, -0.1) is 0 Å². The largest absolute Gasteiger partial charge is 0.395 e. The SMILES string of the molecule is CN(CCO)S(=O)(=O)c1c(F)cc(F)cc1F. The molecular formula is C9H10F3NO3S. The lowest BCUT2D eigenvalue weighted by molar-refractivity contribution is 0.266. The summed E-state index contributed by atoms with van der Waals surface area (Å²) in [5.74, 6) is -4.22. The molecule has 0 heterocycles. The fraction of sp³-hybridized carbons (Fsp3) is 0.333. The van der Waals surface area contributed by atoms with Gasteiger partial charge in [-0.25, -0.2) is 21.6 Å². The lowest BCUT2D eigenvalue weighted by atomic mass is 10.3. The second-order valence-corrected chi connectivity index (χ2v) is 5.23. The molecular weight excluding hydrogens is 259 g/mol. The summed E-state index contributed by atoms with van der Waals surface area (Å²) in [4.78, 5) is -1.23. The third kappa shape index (κ3) is 2.76. The number of aliphatic hydroxyl groups excluding tert-OH is 1. The Hall–Kier alpha value is -1.12. The van der Waals surface area contributed by atoms with E-state index in [4.69, 9.17) is 5.11 Å². The number of nitrogens with zero attached hydrogens (tertiary/aromatic N) is 1. The van der Waals surface area contributed by atoms with Gasteiger partial charge in [0.25, 0.3) is 0 Å². The van der Waals surface area contributed by atoms with Crippen molar-refractivity contribution in [2.45, 2.75) is 4.90 Å². The molecule has 1 rings (SSSR count). The van der Waals surface area contributed by atoms with Crippen LogP contribution in [-0.4, -0.2) is 38.0 Å². The maximum atomic E-state index is 13.3. The van der Waals surface area contributed by atoms with Crippen LogP contribution in [0.2, 0.25) is 0 Å². The van der Waals surface area contributed by atoms with E-state index in [-0.39, 0.29) is 18.7 Å². The summed E-state index contributed by atoms with van der Waals surface area (Å²) in [6.45, 7) is -0.821. The Morgan fingerprint density at radius 3 is 2.12 bits per heavy atom. The highest BCUT2D eigenvalue weighted by molar-refractivity contribution is 7.89. The fourth-order valence-electron chi connectivity index (χ4n) is 1.19. The molecule has 0 fully saturated rings. The zero-order chi connectivity index (χ0) is 13.2. The zero-order valence-electron chi connectivity index (χ0n) is 8.82. The molecule has 0 aliphatic carbocycles. The first-order chi connectivity index (χ1) is 7.80. The second kappa shape index (κ2) is 5.03. The molecule has 0 amide bonds. The monoisotopic (exact) mass is 269 g/mol. The second-order valence-electron chi connectivity index (χ2n) is 3.25. The lowest BCUT2D eigenvalue weighted by Gasteiger charge is -2.16. The molecule has 0 aliphatic rings. The minimum absolute atomic E-state index is 0.281. The first kappa shape index (κ1) is 13.9. The van der Waals surface area contributed by atoms with Crippen molar-refractivity contribution in [2.24, 2.45) is 0 Å². The van der Waals surface area contributed by atoms with Gasteiger partial charge < -0.3 is 5.11 Å². The van der Waals surface area contributed by atoms with Crippen molar-refractivity contribution in [2.75, 3.05) is 20.2 Å². The van der Waals surface area contributed by atoms with Gasteiger partial charge in [0.15, 0.2) is 4.90 Å². The number of rotatable bonds is 4. The number of halogens is 3. The smallest absolute Gasteiger partial charge is 0.248 e. The van der Waals surface area contributed by atoms with Crippen molar-refractivity contribution in [1.29, 1.82) is 0 Å². The first-order valence-electron chi connectivity index (χ1n) is 4.52. The van der Waals surface area contributed by atoms with Crippen molar-refractivity contribution >= 4 is 10.0 Å². The summed E-state index contributed by atoms with van der Waals surface area (Å²) in [7, 11) is -3.37. The van der Waals surface area contributed by atoms with E-state index >= 15 is 0 Å².